The van der Waals surface area contributed by atoms with Gasteiger partial charge in [-0.15, -0.1) is 0 Å². The number of nitrogens with zero attached hydrogens (tertiary/aromatic N) is 1. The molecule has 0 amide bonds. The second-order valence-corrected chi connectivity index (χ2v) is 1.91. The molecule has 1 N–H and O–H groups in total. The van der Waals surface area contributed by atoms with Crippen LogP contribution in [0.4, 0.5) is 0 Å². The van der Waals surface area contributed by atoms with Gasteiger partial charge in [-0.2, -0.15) is 0 Å². The fourth-order valence-corrected chi connectivity index (χ4v) is 0.462. The largest absolute Gasteiger partial charge is 0.307 e. The Morgan fingerprint density at radius 3 is 2.36 bits per heavy atom. The molecule has 0 atom stereocenters. The van der Waals surface area contributed by atoms with Crippen molar-refractivity contribution in [2.24, 2.45) is 0 Å². The molecule has 60 valence electrons. The predicted molar refractivity (Wildman–Crippen MR) is 49.6 cm³/mol. The third kappa shape index (κ3) is 6.45. The first kappa shape index (κ1) is 9.56. The number of hydrazine groups is 1. The molecule has 11 heavy (non-hydrogen) atoms. The van der Waals surface area contributed by atoms with E-state index in [0.29, 0.717) is 0 Å². The van der Waals surface area contributed by atoms with Crippen molar-refractivity contribution < 1.29 is 0 Å². The molecule has 0 aliphatic carbocycles. The molecule has 0 saturated carbocycles. The van der Waals surface area contributed by atoms with Crippen molar-refractivity contribution in [3.8, 4) is 0 Å². The minimum absolute atomic E-state index is 1.71. The fraction of sp³-hybridized carbons (Fsp3) is 0.111. The molecule has 0 aromatic carbocycles. The topological polar surface area (TPSA) is 15.3 Å². The summed E-state index contributed by atoms with van der Waals surface area (Å²) in [6.45, 7) is 7.09. The SMILES string of the molecule is C=C/C=C\NN(C)/C=C\C=C. The molecule has 0 aromatic rings. The molecule has 0 aliphatic rings. The highest BCUT2D eigenvalue weighted by atomic mass is 15.5. The number of hydrogen-bond donors (Lipinski definition) is 1. The van der Waals surface area contributed by atoms with Crippen LogP contribution < -0.4 is 5.43 Å². The Morgan fingerprint density at radius 2 is 1.82 bits per heavy atom. The van der Waals surface area contributed by atoms with E-state index in [1.807, 2.05) is 30.4 Å². The van der Waals surface area contributed by atoms with Crippen LogP contribution >= 0.6 is 0 Å². The van der Waals surface area contributed by atoms with Crippen LogP contribution in [0.15, 0.2) is 49.9 Å². The number of hydrogen-bond acceptors (Lipinski definition) is 2. The van der Waals surface area contributed by atoms with Gasteiger partial charge in [-0.05, 0) is 12.2 Å². The van der Waals surface area contributed by atoms with E-state index in [-0.39, 0.29) is 0 Å². The van der Waals surface area contributed by atoms with Gasteiger partial charge in [-0.3, -0.25) is 5.01 Å². The lowest BCUT2D eigenvalue weighted by Gasteiger charge is -2.11. The van der Waals surface area contributed by atoms with Gasteiger partial charge in [-0.25, -0.2) is 0 Å². The summed E-state index contributed by atoms with van der Waals surface area (Å²) in [5.41, 5.74) is 2.97. The lowest BCUT2D eigenvalue weighted by Crippen LogP contribution is -2.23. The minimum atomic E-state index is 1.71. The van der Waals surface area contributed by atoms with Crippen LogP contribution in [0.3, 0.4) is 0 Å². The van der Waals surface area contributed by atoms with Crippen LogP contribution in [-0.4, -0.2) is 12.1 Å². The Bertz CT molecular complexity index is 168. The van der Waals surface area contributed by atoms with Crippen LogP contribution in [0.1, 0.15) is 0 Å². The highest BCUT2D eigenvalue weighted by Gasteiger charge is 1.78. The van der Waals surface area contributed by atoms with Gasteiger partial charge in [-0.1, -0.05) is 25.3 Å². The van der Waals surface area contributed by atoms with E-state index >= 15 is 0 Å². The number of nitrogens with one attached hydrogen (secondary N) is 1. The number of rotatable bonds is 5. The molecule has 0 saturated heterocycles. The summed E-state index contributed by atoms with van der Waals surface area (Å²) < 4.78 is 0. The smallest absolute Gasteiger partial charge is 0.0274 e. The van der Waals surface area contributed by atoms with E-state index in [2.05, 4.69) is 18.6 Å². The van der Waals surface area contributed by atoms with E-state index in [1.54, 1.807) is 18.4 Å². The maximum atomic E-state index is 3.55. The van der Waals surface area contributed by atoms with E-state index in [0.717, 1.165) is 0 Å². The fourth-order valence-electron chi connectivity index (χ4n) is 0.462. The quantitative estimate of drug-likeness (QED) is 0.475. The Balaban J connectivity index is 3.59. The molecule has 2 heteroatoms. The van der Waals surface area contributed by atoms with Crippen molar-refractivity contribution in [3.63, 3.8) is 0 Å². The average molecular weight is 150 g/mol. The Morgan fingerprint density at radius 1 is 1.18 bits per heavy atom. The van der Waals surface area contributed by atoms with Gasteiger partial charge < -0.3 is 5.43 Å². The molecule has 0 bridgehead atoms. The van der Waals surface area contributed by atoms with Gasteiger partial charge >= 0.3 is 0 Å². The molecule has 0 spiro atoms. The Hall–Kier alpha value is -1.44. The molecule has 0 unspecified atom stereocenters. The van der Waals surface area contributed by atoms with E-state index < -0.39 is 0 Å². The van der Waals surface area contributed by atoms with Gasteiger partial charge in [0.05, 0.1) is 0 Å². The van der Waals surface area contributed by atoms with Gasteiger partial charge in [0.1, 0.15) is 0 Å². The second kappa shape index (κ2) is 6.68. The van der Waals surface area contributed by atoms with Crippen molar-refractivity contribution in [2.45, 2.75) is 0 Å². The Kier molecular flexibility index (Phi) is 5.80. The molecular formula is C9H14N2. The first-order valence-electron chi connectivity index (χ1n) is 3.37. The van der Waals surface area contributed by atoms with Crippen LogP contribution in [0.2, 0.25) is 0 Å². The lowest BCUT2D eigenvalue weighted by molar-refractivity contribution is 0.387. The molecule has 0 fully saturated rings. The maximum Gasteiger partial charge on any atom is 0.0274 e. The van der Waals surface area contributed by atoms with Crippen molar-refractivity contribution in [1.29, 1.82) is 0 Å². The summed E-state index contributed by atoms with van der Waals surface area (Å²) >= 11 is 0. The third-order valence-corrected chi connectivity index (χ3v) is 0.956. The molecule has 0 radical (unpaired) electrons. The van der Waals surface area contributed by atoms with Crippen molar-refractivity contribution >= 4 is 0 Å². The predicted octanol–water partition coefficient (Wildman–Crippen LogP) is 1.82. The Labute approximate surface area is 68.2 Å². The molecule has 0 aromatic heterocycles. The zero-order chi connectivity index (χ0) is 8.53. The molecule has 0 aliphatic heterocycles. The standard InChI is InChI=1S/C9H14N2/c1-4-6-8-10-11(3)9-7-5-2/h4-10H,1-2H2,3H3/b8-6-,9-7-. The minimum Gasteiger partial charge on any atom is -0.307 e. The highest BCUT2D eigenvalue weighted by Crippen LogP contribution is 1.79. The second-order valence-electron chi connectivity index (χ2n) is 1.91. The normalized spacial score (nSPS) is 10.3. The van der Waals surface area contributed by atoms with Crippen molar-refractivity contribution in [2.75, 3.05) is 7.05 Å². The van der Waals surface area contributed by atoms with Crippen LogP contribution in [0, 0.1) is 0 Å². The summed E-state index contributed by atoms with van der Waals surface area (Å²) in [4.78, 5) is 0. The monoisotopic (exact) mass is 150 g/mol. The number of allylic oxidation sites excluding steroid dienone is 4. The summed E-state index contributed by atoms with van der Waals surface area (Å²) in [6.07, 6.45) is 10.7. The average Bonchev–Trinajstić information content (AvgIpc) is 2.01. The zero-order valence-electron chi connectivity index (χ0n) is 6.83. The summed E-state index contributed by atoms with van der Waals surface area (Å²) in [5.74, 6) is 0. The molecule has 0 heterocycles. The van der Waals surface area contributed by atoms with Crippen LogP contribution in [0.5, 0.6) is 0 Å². The van der Waals surface area contributed by atoms with Crippen LogP contribution in [-0.2, 0) is 0 Å². The molecule has 0 rings (SSSR count). The van der Waals surface area contributed by atoms with Crippen molar-refractivity contribution in [1.82, 2.24) is 10.4 Å². The van der Waals surface area contributed by atoms with Gasteiger partial charge in [0.25, 0.3) is 0 Å². The van der Waals surface area contributed by atoms with Crippen LogP contribution in [0.25, 0.3) is 0 Å². The summed E-state index contributed by atoms with van der Waals surface area (Å²) in [6, 6.07) is 0. The van der Waals surface area contributed by atoms with Crippen molar-refractivity contribution in [3.05, 3.63) is 49.9 Å². The van der Waals surface area contributed by atoms with Gasteiger partial charge in [0.2, 0.25) is 0 Å². The first-order chi connectivity index (χ1) is 5.31. The van der Waals surface area contributed by atoms with Gasteiger partial charge in [0.15, 0.2) is 0 Å². The maximum absolute atomic E-state index is 3.55. The van der Waals surface area contributed by atoms with E-state index in [9.17, 15) is 0 Å². The third-order valence-electron chi connectivity index (χ3n) is 0.956. The molecular weight excluding hydrogens is 136 g/mol. The molecule has 2 nitrogen and oxygen atoms in total. The zero-order valence-corrected chi connectivity index (χ0v) is 6.83. The summed E-state index contributed by atoms with van der Waals surface area (Å²) in [5, 5.41) is 1.81. The van der Waals surface area contributed by atoms with E-state index in [4.69, 9.17) is 0 Å². The van der Waals surface area contributed by atoms with E-state index in [1.165, 1.54) is 0 Å². The lowest BCUT2D eigenvalue weighted by atomic mass is 10.6. The summed E-state index contributed by atoms with van der Waals surface area (Å²) in [7, 11) is 1.90. The highest BCUT2D eigenvalue weighted by molar-refractivity contribution is 4.98. The first-order valence-corrected chi connectivity index (χ1v) is 3.37. The van der Waals surface area contributed by atoms with Gasteiger partial charge in [0, 0.05) is 19.4 Å².